The molecular weight excluding hydrogens is 153 g/mol. The Labute approximate surface area is 71.4 Å². The quantitative estimate of drug-likeness (QED) is 0.674. The number of hydrogen-bond donors (Lipinski definition) is 1. The van der Waals surface area contributed by atoms with Gasteiger partial charge in [-0.1, -0.05) is 6.07 Å². The lowest BCUT2D eigenvalue weighted by Crippen LogP contribution is -2.09. The smallest absolute Gasteiger partial charge is 0.123 e. The van der Waals surface area contributed by atoms with Crippen LogP contribution in [0.4, 0.5) is 4.39 Å². The number of nitrogens with two attached hydrogens (primary N) is 1. The first-order valence-corrected chi connectivity index (χ1v) is 4.29. The average molecular weight is 165 g/mol. The molecule has 0 heterocycles. The van der Waals surface area contributed by atoms with Crippen LogP contribution < -0.4 is 5.73 Å². The summed E-state index contributed by atoms with van der Waals surface area (Å²) in [7, 11) is 0. The van der Waals surface area contributed by atoms with Crippen LogP contribution in [0.5, 0.6) is 0 Å². The average Bonchev–Trinajstić information content (AvgIpc) is 2.46. The number of hydrogen-bond acceptors (Lipinski definition) is 1. The van der Waals surface area contributed by atoms with Crippen molar-refractivity contribution in [3.63, 3.8) is 0 Å². The van der Waals surface area contributed by atoms with Crippen LogP contribution >= 0.6 is 0 Å². The Balaban J connectivity index is 2.42. The van der Waals surface area contributed by atoms with Gasteiger partial charge in [-0.15, -0.1) is 0 Å². The molecule has 1 aliphatic carbocycles. The third-order valence-corrected chi connectivity index (χ3v) is 2.59. The fraction of sp³-hybridized carbons (Fsp3) is 0.400. The Bertz CT molecular complexity index is 296. The molecule has 2 N–H and O–H groups in total. The van der Waals surface area contributed by atoms with Crippen molar-refractivity contribution in [2.45, 2.75) is 18.8 Å². The zero-order valence-corrected chi connectivity index (χ0v) is 6.89. The zero-order chi connectivity index (χ0) is 8.55. The first kappa shape index (κ1) is 7.74. The molecule has 2 heteroatoms. The molecule has 0 radical (unpaired) electrons. The van der Waals surface area contributed by atoms with Crippen molar-refractivity contribution in [2.75, 3.05) is 6.54 Å². The van der Waals surface area contributed by atoms with E-state index in [-0.39, 0.29) is 5.82 Å². The summed E-state index contributed by atoms with van der Waals surface area (Å²) in [6, 6.07) is 5.03. The lowest BCUT2D eigenvalue weighted by atomic mass is 10.0. The minimum atomic E-state index is -0.144. The Hall–Kier alpha value is -0.890. The van der Waals surface area contributed by atoms with Crippen molar-refractivity contribution >= 4 is 0 Å². The SMILES string of the molecule is NCC1CCc2ccc(F)cc21. The number of benzene rings is 1. The van der Waals surface area contributed by atoms with Gasteiger partial charge >= 0.3 is 0 Å². The fourth-order valence-electron chi connectivity index (χ4n) is 1.90. The maximum absolute atomic E-state index is 12.8. The topological polar surface area (TPSA) is 26.0 Å². The summed E-state index contributed by atoms with van der Waals surface area (Å²) in [4.78, 5) is 0. The van der Waals surface area contributed by atoms with Gasteiger partial charge in [0, 0.05) is 0 Å². The molecule has 0 aliphatic heterocycles. The van der Waals surface area contributed by atoms with E-state index in [2.05, 4.69) is 0 Å². The normalized spacial score (nSPS) is 21.0. The lowest BCUT2D eigenvalue weighted by Gasteiger charge is -2.07. The molecule has 1 atom stereocenters. The molecule has 0 spiro atoms. The van der Waals surface area contributed by atoms with E-state index in [1.165, 1.54) is 11.6 Å². The summed E-state index contributed by atoms with van der Waals surface area (Å²) in [6.07, 6.45) is 2.13. The van der Waals surface area contributed by atoms with E-state index in [1.54, 1.807) is 6.07 Å². The molecular formula is C10H12FN. The predicted molar refractivity (Wildman–Crippen MR) is 46.5 cm³/mol. The maximum Gasteiger partial charge on any atom is 0.123 e. The summed E-state index contributed by atoms with van der Waals surface area (Å²) in [5.41, 5.74) is 7.97. The molecule has 12 heavy (non-hydrogen) atoms. The highest BCUT2D eigenvalue weighted by Crippen LogP contribution is 2.32. The molecule has 0 saturated carbocycles. The summed E-state index contributed by atoms with van der Waals surface area (Å²) >= 11 is 0. The standard InChI is InChI=1S/C10H12FN/c11-9-4-3-7-1-2-8(6-12)10(7)5-9/h3-5,8H,1-2,6,12H2. The number of halogens is 1. The first-order chi connectivity index (χ1) is 5.81. The molecule has 0 bridgehead atoms. The molecule has 0 aromatic heterocycles. The van der Waals surface area contributed by atoms with Crippen LogP contribution in [0.1, 0.15) is 23.5 Å². The van der Waals surface area contributed by atoms with E-state index in [4.69, 9.17) is 5.73 Å². The summed E-state index contributed by atoms with van der Waals surface area (Å²) < 4.78 is 12.8. The van der Waals surface area contributed by atoms with Gasteiger partial charge in [-0.05, 0) is 48.6 Å². The van der Waals surface area contributed by atoms with Crippen LogP contribution in [-0.2, 0) is 6.42 Å². The Morgan fingerprint density at radius 2 is 2.33 bits per heavy atom. The largest absolute Gasteiger partial charge is 0.330 e. The van der Waals surface area contributed by atoms with Gasteiger partial charge in [0.2, 0.25) is 0 Å². The van der Waals surface area contributed by atoms with Crippen molar-refractivity contribution < 1.29 is 4.39 Å². The van der Waals surface area contributed by atoms with Crippen molar-refractivity contribution in [3.05, 3.63) is 35.1 Å². The second-order valence-electron chi connectivity index (χ2n) is 3.31. The number of rotatable bonds is 1. The van der Waals surface area contributed by atoms with Gasteiger partial charge in [0.05, 0.1) is 0 Å². The fourth-order valence-corrected chi connectivity index (χ4v) is 1.90. The maximum atomic E-state index is 12.8. The summed E-state index contributed by atoms with van der Waals surface area (Å²) in [5, 5.41) is 0. The van der Waals surface area contributed by atoms with Gasteiger partial charge in [-0.25, -0.2) is 4.39 Å². The van der Waals surface area contributed by atoms with E-state index in [9.17, 15) is 4.39 Å². The van der Waals surface area contributed by atoms with Crippen molar-refractivity contribution in [2.24, 2.45) is 5.73 Å². The van der Waals surface area contributed by atoms with Crippen LogP contribution in [0, 0.1) is 5.82 Å². The van der Waals surface area contributed by atoms with Crippen LogP contribution in [0.2, 0.25) is 0 Å². The molecule has 0 fully saturated rings. The van der Waals surface area contributed by atoms with Gasteiger partial charge in [0.1, 0.15) is 5.82 Å². The molecule has 64 valence electrons. The Kier molecular flexibility index (Phi) is 1.85. The number of aryl methyl sites for hydroxylation is 1. The van der Waals surface area contributed by atoms with E-state index >= 15 is 0 Å². The predicted octanol–water partition coefficient (Wildman–Crippen LogP) is 1.81. The van der Waals surface area contributed by atoms with E-state index in [1.807, 2.05) is 6.07 Å². The highest BCUT2D eigenvalue weighted by atomic mass is 19.1. The molecule has 2 rings (SSSR count). The molecule has 0 amide bonds. The summed E-state index contributed by atoms with van der Waals surface area (Å²) in [5.74, 6) is 0.241. The van der Waals surface area contributed by atoms with Crippen LogP contribution in [0.15, 0.2) is 18.2 Å². The Morgan fingerprint density at radius 3 is 3.08 bits per heavy atom. The van der Waals surface area contributed by atoms with Crippen LogP contribution in [-0.4, -0.2) is 6.54 Å². The summed E-state index contributed by atoms with van der Waals surface area (Å²) in [6.45, 7) is 0.635. The second-order valence-corrected chi connectivity index (χ2v) is 3.31. The van der Waals surface area contributed by atoms with Crippen molar-refractivity contribution in [1.82, 2.24) is 0 Å². The van der Waals surface area contributed by atoms with Crippen LogP contribution in [0.3, 0.4) is 0 Å². The molecule has 1 aromatic carbocycles. The highest BCUT2D eigenvalue weighted by Gasteiger charge is 2.20. The minimum Gasteiger partial charge on any atom is -0.330 e. The third-order valence-electron chi connectivity index (χ3n) is 2.59. The monoisotopic (exact) mass is 165 g/mol. The van der Waals surface area contributed by atoms with Gasteiger partial charge in [0.25, 0.3) is 0 Å². The molecule has 1 unspecified atom stereocenters. The molecule has 0 saturated heterocycles. The van der Waals surface area contributed by atoms with E-state index < -0.39 is 0 Å². The molecule has 1 aromatic rings. The van der Waals surface area contributed by atoms with E-state index in [0.717, 1.165) is 18.4 Å². The van der Waals surface area contributed by atoms with Gasteiger partial charge < -0.3 is 5.73 Å². The van der Waals surface area contributed by atoms with Gasteiger partial charge in [0.15, 0.2) is 0 Å². The number of fused-ring (bicyclic) bond motifs is 1. The Morgan fingerprint density at radius 1 is 1.50 bits per heavy atom. The van der Waals surface area contributed by atoms with E-state index in [0.29, 0.717) is 12.5 Å². The van der Waals surface area contributed by atoms with Crippen LogP contribution in [0.25, 0.3) is 0 Å². The zero-order valence-electron chi connectivity index (χ0n) is 6.89. The van der Waals surface area contributed by atoms with Gasteiger partial charge in [-0.2, -0.15) is 0 Å². The third kappa shape index (κ3) is 1.12. The second kappa shape index (κ2) is 2.87. The van der Waals surface area contributed by atoms with Gasteiger partial charge in [-0.3, -0.25) is 0 Å². The minimum absolute atomic E-state index is 0.144. The van der Waals surface area contributed by atoms with Crippen molar-refractivity contribution in [3.8, 4) is 0 Å². The molecule has 1 nitrogen and oxygen atoms in total. The highest BCUT2D eigenvalue weighted by molar-refractivity contribution is 5.35. The van der Waals surface area contributed by atoms with Crippen molar-refractivity contribution in [1.29, 1.82) is 0 Å². The molecule has 1 aliphatic rings. The first-order valence-electron chi connectivity index (χ1n) is 4.29. The lowest BCUT2D eigenvalue weighted by molar-refractivity contribution is 0.620.